The van der Waals surface area contributed by atoms with Crippen LogP contribution in [0.1, 0.15) is 42.9 Å². The molecule has 0 bridgehead atoms. The van der Waals surface area contributed by atoms with E-state index in [9.17, 15) is 14.0 Å². The number of hydrazone groups is 1. The number of carbonyl (C=O) groups is 2. The minimum absolute atomic E-state index is 0.0622. The number of rotatable bonds is 8. The van der Waals surface area contributed by atoms with Crippen molar-refractivity contribution in [2.75, 3.05) is 14.2 Å². The summed E-state index contributed by atoms with van der Waals surface area (Å²) in [5.41, 5.74) is 2.21. The van der Waals surface area contributed by atoms with Gasteiger partial charge in [-0.15, -0.1) is 0 Å². The predicted molar refractivity (Wildman–Crippen MR) is 108 cm³/mol. The van der Waals surface area contributed by atoms with Crippen LogP contribution < -0.4 is 9.47 Å². The Morgan fingerprint density at radius 3 is 2.43 bits per heavy atom. The first-order chi connectivity index (χ1) is 14.4. The molecule has 2 aromatic rings. The highest BCUT2D eigenvalue weighted by Gasteiger charge is 2.33. The molecule has 0 aromatic heterocycles. The zero-order valence-electron chi connectivity index (χ0n) is 16.8. The summed E-state index contributed by atoms with van der Waals surface area (Å²) in [5, 5.41) is 14.7. The van der Waals surface area contributed by atoms with Crippen LogP contribution in [0.5, 0.6) is 11.5 Å². The van der Waals surface area contributed by atoms with Crippen LogP contribution in [0.4, 0.5) is 4.39 Å². The molecule has 0 saturated heterocycles. The number of carboxylic acid groups (broad SMARTS) is 1. The van der Waals surface area contributed by atoms with Gasteiger partial charge < -0.3 is 14.6 Å². The summed E-state index contributed by atoms with van der Waals surface area (Å²) in [7, 11) is 3.09. The van der Waals surface area contributed by atoms with Crippen LogP contribution in [0, 0.1) is 5.82 Å². The van der Waals surface area contributed by atoms with Crippen LogP contribution >= 0.6 is 0 Å². The maximum atomic E-state index is 13.4. The van der Waals surface area contributed by atoms with Gasteiger partial charge in [0.15, 0.2) is 11.5 Å². The average molecular weight is 414 g/mol. The minimum atomic E-state index is -0.950. The molecule has 0 aliphatic carbocycles. The van der Waals surface area contributed by atoms with Crippen molar-refractivity contribution >= 4 is 17.6 Å². The Balaban J connectivity index is 1.90. The van der Waals surface area contributed by atoms with E-state index in [2.05, 4.69) is 5.10 Å². The molecule has 0 spiro atoms. The summed E-state index contributed by atoms with van der Waals surface area (Å²) in [6.07, 6.45) is 0.632. The summed E-state index contributed by atoms with van der Waals surface area (Å²) >= 11 is 0. The number of ether oxygens (including phenoxy) is 2. The fourth-order valence-electron chi connectivity index (χ4n) is 3.38. The largest absolute Gasteiger partial charge is 0.493 e. The maximum Gasteiger partial charge on any atom is 0.303 e. The van der Waals surface area contributed by atoms with Gasteiger partial charge in [0.05, 0.1) is 26.0 Å². The highest BCUT2D eigenvalue weighted by Crippen LogP contribution is 2.35. The van der Waals surface area contributed by atoms with E-state index in [4.69, 9.17) is 14.6 Å². The van der Waals surface area contributed by atoms with Crippen LogP contribution in [0.15, 0.2) is 47.6 Å². The molecular formula is C22H23FN2O5. The quantitative estimate of drug-likeness (QED) is 0.710. The van der Waals surface area contributed by atoms with Crippen LogP contribution in [0.3, 0.4) is 0 Å². The maximum absolute atomic E-state index is 13.4. The van der Waals surface area contributed by atoms with Gasteiger partial charge in [0.25, 0.3) is 0 Å². The SMILES string of the molecule is COc1ccc(C2=NN(C(=O)CCCC(=O)O)C(c3ccc(F)cc3)C2)cc1OC. The molecule has 1 heterocycles. The molecule has 1 unspecified atom stereocenters. The van der Waals surface area contributed by atoms with Crippen molar-refractivity contribution in [3.8, 4) is 11.5 Å². The molecule has 3 rings (SSSR count). The molecule has 1 N–H and O–H groups in total. The molecule has 0 fully saturated rings. The van der Waals surface area contributed by atoms with Gasteiger partial charge in [0.2, 0.25) is 5.91 Å². The van der Waals surface area contributed by atoms with Gasteiger partial charge in [-0.1, -0.05) is 12.1 Å². The fraction of sp³-hybridized carbons (Fsp3) is 0.318. The highest BCUT2D eigenvalue weighted by molar-refractivity contribution is 6.03. The lowest BCUT2D eigenvalue weighted by Gasteiger charge is -2.22. The van der Waals surface area contributed by atoms with E-state index in [0.29, 0.717) is 23.6 Å². The monoisotopic (exact) mass is 414 g/mol. The van der Waals surface area contributed by atoms with Crippen molar-refractivity contribution in [2.24, 2.45) is 5.10 Å². The smallest absolute Gasteiger partial charge is 0.303 e. The lowest BCUT2D eigenvalue weighted by Crippen LogP contribution is -2.27. The Hall–Kier alpha value is -3.42. The number of aliphatic carboxylic acids is 1. The van der Waals surface area contributed by atoms with Gasteiger partial charge in [-0.25, -0.2) is 9.40 Å². The molecule has 30 heavy (non-hydrogen) atoms. The zero-order valence-corrected chi connectivity index (χ0v) is 16.8. The van der Waals surface area contributed by atoms with Crippen LogP contribution in [0.25, 0.3) is 0 Å². The Morgan fingerprint density at radius 1 is 1.10 bits per heavy atom. The van der Waals surface area contributed by atoms with Crippen LogP contribution in [-0.4, -0.2) is 41.9 Å². The number of carbonyl (C=O) groups excluding carboxylic acids is 1. The van der Waals surface area contributed by atoms with Gasteiger partial charge in [-0.3, -0.25) is 9.59 Å². The van der Waals surface area contributed by atoms with E-state index < -0.39 is 12.0 Å². The summed E-state index contributed by atoms with van der Waals surface area (Å²) in [6, 6.07) is 10.9. The number of carboxylic acids is 1. The van der Waals surface area contributed by atoms with Crippen LogP contribution in [-0.2, 0) is 9.59 Å². The Bertz CT molecular complexity index is 959. The predicted octanol–water partition coefficient (Wildman–Crippen LogP) is 3.78. The van der Waals surface area contributed by atoms with E-state index in [0.717, 1.165) is 11.1 Å². The fourth-order valence-corrected chi connectivity index (χ4v) is 3.38. The number of nitrogens with zero attached hydrogens (tertiary/aromatic N) is 2. The second-order valence-electron chi connectivity index (χ2n) is 6.87. The molecule has 158 valence electrons. The summed E-state index contributed by atoms with van der Waals surface area (Å²) in [5.74, 6) is -0.467. The number of halogens is 1. The normalized spacial score (nSPS) is 15.6. The lowest BCUT2D eigenvalue weighted by molar-refractivity contribution is -0.137. The minimum Gasteiger partial charge on any atom is -0.493 e. The van der Waals surface area contributed by atoms with Gasteiger partial charge in [-0.2, -0.15) is 5.10 Å². The average Bonchev–Trinajstić information content (AvgIpc) is 3.19. The first-order valence-corrected chi connectivity index (χ1v) is 9.52. The molecular weight excluding hydrogens is 391 g/mol. The standard InChI is InChI=1S/C22H23FN2O5/c1-29-19-11-8-15(12-20(19)30-2)17-13-18(14-6-9-16(23)10-7-14)25(24-17)21(26)4-3-5-22(27)28/h6-12,18H,3-5,13H2,1-2H3,(H,27,28). The second kappa shape index (κ2) is 9.39. The molecule has 2 aromatic carbocycles. The molecule has 8 heteroatoms. The van der Waals surface area contributed by atoms with Crippen molar-refractivity contribution in [3.05, 3.63) is 59.4 Å². The summed E-state index contributed by atoms with van der Waals surface area (Å²) < 4.78 is 24.0. The van der Waals surface area contributed by atoms with Crippen LogP contribution in [0.2, 0.25) is 0 Å². The van der Waals surface area contributed by atoms with Gasteiger partial charge in [0, 0.05) is 24.8 Å². The molecule has 0 radical (unpaired) electrons. The van der Waals surface area contributed by atoms with Crippen molar-refractivity contribution in [3.63, 3.8) is 0 Å². The van der Waals surface area contributed by atoms with E-state index in [1.807, 2.05) is 6.07 Å². The summed E-state index contributed by atoms with van der Waals surface area (Å²) in [4.78, 5) is 23.5. The number of benzene rings is 2. The number of hydrogen-bond donors (Lipinski definition) is 1. The molecule has 1 aliphatic rings. The van der Waals surface area contributed by atoms with Gasteiger partial charge in [0.1, 0.15) is 5.82 Å². The molecule has 1 amide bonds. The number of methoxy groups -OCH3 is 2. The zero-order chi connectivity index (χ0) is 21.7. The Morgan fingerprint density at radius 2 is 1.80 bits per heavy atom. The number of hydrogen-bond acceptors (Lipinski definition) is 5. The van der Waals surface area contributed by atoms with Crippen molar-refractivity contribution in [2.45, 2.75) is 31.7 Å². The van der Waals surface area contributed by atoms with E-state index in [1.54, 1.807) is 31.4 Å². The third-order valence-electron chi connectivity index (χ3n) is 4.92. The van der Waals surface area contributed by atoms with E-state index >= 15 is 0 Å². The van der Waals surface area contributed by atoms with Crippen molar-refractivity contribution in [1.29, 1.82) is 0 Å². The van der Waals surface area contributed by atoms with Gasteiger partial charge >= 0.3 is 5.97 Å². The first-order valence-electron chi connectivity index (χ1n) is 9.52. The van der Waals surface area contributed by atoms with Gasteiger partial charge in [-0.05, 0) is 42.3 Å². The van der Waals surface area contributed by atoms with E-state index in [1.165, 1.54) is 24.3 Å². The number of amides is 1. The van der Waals surface area contributed by atoms with Crippen molar-refractivity contribution in [1.82, 2.24) is 5.01 Å². The van der Waals surface area contributed by atoms with E-state index in [-0.39, 0.29) is 31.0 Å². The third-order valence-corrected chi connectivity index (χ3v) is 4.92. The lowest BCUT2D eigenvalue weighted by atomic mass is 9.98. The highest BCUT2D eigenvalue weighted by atomic mass is 19.1. The summed E-state index contributed by atoms with van der Waals surface area (Å²) in [6.45, 7) is 0. The topological polar surface area (TPSA) is 88.4 Å². The van der Waals surface area contributed by atoms with Crippen molar-refractivity contribution < 1.29 is 28.6 Å². The molecule has 0 saturated carbocycles. The molecule has 1 atom stereocenters. The second-order valence-corrected chi connectivity index (χ2v) is 6.87. The Labute approximate surface area is 173 Å². The Kier molecular flexibility index (Phi) is 6.66. The first kappa shape index (κ1) is 21.3. The third kappa shape index (κ3) is 4.76. The molecule has 7 nitrogen and oxygen atoms in total. The molecule has 1 aliphatic heterocycles.